The molecule has 0 amide bonds. The molecule has 0 saturated carbocycles. The first-order valence-electron chi connectivity index (χ1n) is 6.56. The second-order valence-corrected chi connectivity index (χ2v) is 5.20. The van der Waals surface area contributed by atoms with E-state index in [9.17, 15) is 4.79 Å². The van der Waals surface area contributed by atoms with Crippen molar-refractivity contribution in [2.24, 2.45) is 0 Å². The quantitative estimate of drug-likeness (QED) is 0.768. The van der Waals surface area contributed by atoms with E-state index < -0.39 is 0 Å². The number of carbonyl (C=O) groups is 1. The Bertz CT molecular complexity index is 620. The zero-order valence-corrected chi connectivity index (χ0v) is 12.9. The molecule has 0 bridgehead atoms. The molecule has 0 aliphatic carbocycles. The summed E-state index contributed by atoms with van der Waals surface area (Å²) < 4.78 is 12.3. The predicted molar refractivity (Wildman–Crippen MR) is 80.4 cm³/mol. The van der Waals surface area contributed by atoms with Crippen molar-refractivity contribution in [1.29, 1.82) is 0 Å². The van der Waals surface area contributed by atoms with Crippen LogP contribution in [-0.2, 0) is 0 Å². The summed E-state index contributed by atoms with van der Waals surface area (Å²) in [5.41, 5.74) is 0.418. The van der Waals surface area contributed by atoms with Crippen LogP contribution in [-0.4, -0.2) is 29.3 Å². The third kappa shape index (κ3) is 3.55. The summed E-state index contributed by atoms with van der Waals surface area (Å²) >= 11 is 5.80. The van der Waals surface area contributed by atoms with Crippen molar-refractivity contribution >= 4 is 17.4 Å². The van der Waals surface area contributed by atoms with Crippen LogP contribution < -0.4 is 9.47 Å². The van der Waals surface area contributed by atoms with Gasteiger partial charge in [-0.25, -0.2) is 0 Å². The van der Waals surface area contributed by atoms with Gasteiger partial charge in [-0.2, -0.15) is 5.10 Å². The molecule has 0 spiro atoms. The fraction of sp³-hybridized carbons (Fsp3) is 0.333. The van der Waals surface area contributed by atoms with Crippen LogP contribution in [0.5, 0.6) is 11.5 Å². The summed E-state index contributed by atoms with van der Waals surface area (Å²) in [6, 6.07) is 6.91. The van der Waals surface area contributed by atoms with Gasteiger partial charge in [0, 0.05) is 11.1 Å². The Morgan fingerprint density at radius 2 is 2.00 bits per heavy atom. The van der Waals surface area contributed by atoms with E-state index in [1.807, 2.05) is 13.8 Å². The number of aromatic nitrogens is 2. The largest absolute Gasteiger partial charge is 0.493 e. The number of ether oxygens (including phenoxy) is 2. The highest BCUT2D eigenvalue weighted by molar-refractivity contribution is 6.30. The lowest BCUT2D eigenvalue weighted by Gasteiger charge is -2.12. The van der Waals surface area contributed by atoms with E-state index in [4.69, 9.17) is 21.1 Å². The normalized spacial score (nSPS) is 10.7. The number of benzene rings is 1. The molecule has 0 N–H and O–H groups in total. The maximum absolute atomic E-state index is 12.4. The van der Waals surface area contributed by atoms with Crippen molar-refractivity contribution in [3.05, 3.63) is 41.2 Å². The molecule has 0 radical (unpaired) electrons. The molecule has 5 nitrogen and oxygen atoms in total. The number of rotatable bonds is 6. The third-order valence-corrected chi connectivity index (χ3v) is 3.17. The van der Waals surface area contributed by atoms with E-state index in [0.29, 0.717) is 22.2 Å². The van der Waals surface area contributed by atoms with Crippen LogP contribution in [0.1, 0.15) is 30.4 Å². The van der Waals surface area contributed by atoms with Crippen LogP contribution in [0.4, 0.5) is 0 Å². The summed E-state index contributed by atoms with van der Waals surface area (Å²) in [5.74, 6) is 0.851. The van der Waals surface area contributed by atoms with Crippen molar-refractivity contribution in [2.75, 3.05) is 13.7 Å². The standard InChI is InChI=1S/C15H17ClN2O3/c1-10(2)18-15(14(20-3)8-17-18)13(19)9-21-12-6-4-11(16)5-7-12/h4-8,10H,9H2,1-3H3. The van der Waals surface area contributed by atoms with Crippen LogP contribution in [0.2, 0.25) is 5.02 Å². The molecule has 21 heavy (non-hydrogen) atoms. The Labute approximate surface area is 128 Å². The van der Waals surface area contributed by atoms with Crippen LogP contribution in [0, 0.1) is 0 Å². The van der Waals surface area contributed by atoms with Crippen molar-refractivity contribution in [3.8, 4) is 11.5 Å². The Morgan fingerprint density at radius 3 is 2.57 bits per heavy atom. The number of methoxy groups -OCH3 is 1. The minimum absolute atomic E-state index is 0.0587. The first kappa shape index (κ1) is 15.4. The minimum atomic E-state index is -0.187. The second-order valence-electron chi connectivity index (χ2n) is 4.77. The fourth-order valence-corrected chi connectivity index (χ4v) is 2.03. The molecule has 2 rings (SSSR count). The lowest BCUT2D eigenvalue weighted by molar-refractivity contribution is 0.0905. The Hall–Kier alpha value is -2.01. The zero-order chi connectivity index (χ0) is 15.4. The van der Waals surface area contributed by atoms with Gasteiger partial charge >= 0.3 is 0 Å². The molecule has 0 fully saturated rings. The number of carbonyl (C=O) groups excluding carboxylic acids is 1. The Kier molecular flexibility index (Phi) is 4.85. The lowest BCUT2D eigenvalue weighted by atomic mass is 10.2. The van der Waals surface area contributed by atoms with Crippen molar-refractivity contribution in [2.45, 2.75) is 19.9 Å². The van der Waals surface area contributed by atoms with Crippen molar-refractivity contribution in [1.82, 2.24) is 9.78 Å². The van der Waals surface area contributed by atoms with Crippen molar-refractivity contribution < 1.29 is 14.3 Å². The molecular formula is C15H17ClN2O3. The van der Waals surface area contributed by atoms with Gasteiger partial charge in [0.25, 0.3) is 0 Å². The lowest BCUT2D eigenvalue weighted by Crippen LogP contribution is -2.19. The fourth-order valence-electron chi connectivity index (χ4n) is 1.90. The zero-order valence-electron chi connectivity index (χ0n) is 12.2. The van der Waals surface area contributed by atoms with Crippen LogP contribution in [0.3, 0.4) is 0 Å². The SMILES string of the molecule is COc1cnn(C(C)C)c1C(=O)COc1ccc(Cl)cc1. The molecule has 1 heterocycles. The first-order chi connectivity index (χ1) is 10.0. The molecular weight excluding hydrogens is 292 g/mol. The number of Topliss-reactive ketones (excluding diaryl/α,β-unsaturated/α-hetero) is 1. The minimum Gasteiger partial charge on any atom is -0.493 e. The maximum Gasteiger partial charge on any atom is 0.221 e. The van der Waals surface area contributed by atoms with E-state index >= 15 is 0 Å². The number of ketones is 1. The van der Waals surface area contributed by atoms with E-state index in [-0.39, 0.29) is 18.4 Å². The topological polar surface area (TPSA) is 53.4 Å². The Balaban J connectivity index is 2.13. The van der Waals surface area contributed by atoms with Gasteiger partial charge in [0.1, 0.15) is 11.4 Å². The van der Waals surface area contributed by atoms with Crippen molar-refractivity contribution in [3.63, 3.8) is 0 Å². The molecule has 0 aliphatic heterocycles. The van der Waals surface area contributed by atoms with E-state index in [2.05, 4.69) is 5.10 Å². The third-order valence-electron chi connectivity index (χ3n) is 2.92. The van der Waals surface area contributed by atoms with Crippen LogP contribution >= 0.6 is 11.6 Å². The van der Waals surface area contributed by atoms with Gasteiger partial charge in [-0.1, -0.05) is 11.6 Å². The van der Waals surface area contributed by atoms with Gasteiger partial charge in [0.05, 0.1) is 13.3 Å². The van der Waals surface area contributed by atoms with Gasteiger partial charge in [0.15, 0.2) is 12.4 Å². The monoisotopic (exact) mass is 308 g/mol. The summed E-state index contributed by atoms with van der Waals surface area (Å²) in [6.07, 6.45) is 1.54. The van der Waals surface area contributed by atoms with Gasteiger partial charge in [-0.15, -0.1) is 0 Å². The molecule has 112 valence electrons. The average Bonchev–Trinajstić information content (AvgIpc) is 2.90. The van der Waals surface area contributed by atoms with Crippen LogP contribution in [0.25, 0.3) is 0 Å². The number of halogens is 1. The summed E-state index contributed by atoms with van der Waals surface area (Å²) in [4.78, 5) is 12.4. The van der Waals surface area contributed by atoms with E-state index in [1.54, 1.807) is 28.9 Å². The van der Waals surface area contributed by atoms with E-state index in [1.165, 1.54) is 13.3 Å². The highest BCUT2D eigenvalue weighted by atomic mass is 35.5. The molecule has 2 aromatic rings. The number of hydrogen-bond donors (Lipinski definition) is 0. The number of hydrogen-bond acceptors (Lipinski definition) is 4. The van der Waals surface area contributed by atoms with Gasteiger partial charge in [-0.05, 0) is 38.1 Å². The summed E-state index contributed by atoms with van der Waals surface area (Å²) in [7, 11) is 1.51. The smallest absolute Gasteiger partial charge is 0.221 e. The molecule has 0 atom stereocenters. The molecule has 0 aliphatic rings. The highest BCUT2D eigenvalue weighted by Crippen LogP contribution is 2.22. The van der Waals surface area contributed by atoms with Gasteiger partial charge < -0.3 is 9.47 Å². The molecule has 1 aromatic carbocycles. The highest BCUT2D eigenvalue weighted by Gasteiger charge is 2.21. The van der Waals surface area contributed by atoms with Crippen LogP contribution in [0.15, 0.2) is 30.5 Å². The predicted octanol–water partition coefficient (Wildman–Crippen LogP) is 3.39. The average molecular weight is 309 g/mol. The maximum atomic E-state index is 12.4. The molecule has 0 saturated heterocycles. The van der Waals surface area contributed by atoms with E-state index in [0.717, 1.165) is 0 Å². The van der Waals surface area contributed by atoms with Gasteiger partial charge in [0.2, 0.25) is 5.78 Å². The second kappa shape index (κ2) is 6.63. The summed E-state index contributed by atoms with van der Waals surface area (Å²) in [5, 5.41) is 4.79. The van der Waals surface area contributed by atoms with Gasteiger partial charge in [-0.3, -0.25) is 9.48 Å². The first-order valence-corrected chi connectivity index (χ1v) is 6.93. The molecule has 6 heteroatoms. The summed E-state index contributed by atoms with van der Waals surface area (Å²) in [6.45, 7) is 3.81. The molecule has 0 unspecified atom stereocenters. The number of nitrogens with zero attached hydrogens (tertiary/aromatic N) is 2. The Morgan fingerprint density at radius 1 is 1.33 bits per heavy atom. The molecule has 1 aromatic heterocycles.